The van der Waals surface area contributed by atoms with Crippen molar-refractivity contribution in [3.63, 3.8) is 0 Å². The first-order valence-corrected chi connectivity index (χ1v) is 13.5. The summed E-state index contributed by atoms with van der Waals surface area (Å²) < 4.78 is 43.5. The fraction of sp³-hybridized carbons (Fsp3) is 0.800. The first-order valence-electron chi connectivity index (χ1n) is 9.95. The number of ether oxygens (including phenoxy) is 2. The Morgan fingerprint density at radius 1 is 0.600 bits per heavy atom. The van der Waals surface area contributed by atoms with Crippen LogP contribution in [0.25, 0.3) is 0 Å². The van der Waals surface area contributed by atoms with E-state index in [1.54, 1.807) is 42.7 Å². The summed E-state index contributed by atoms with van der Waals surface area (Å²) in [6.45, 7) is 16.5. The summed E-state index contributed by atoms with van der Waals surface area (Å²) in [6.07, 6.45) is 1.57. The van der Waals surface area contributed by atoms with Crippen molar-refractivity contribution in [3.8, 4) is 0 Å². The predicted molar refractivity (Wildman–Crippen MR) is 123 cm³/mol. The molecule has 0 radical (unpaired) electrons. The maximum absolute atomic E-state index is 5.68. The summed E-state index contributed by atoms with van der Waals surface area (Å²) in [7, 11) is 4.18. The Kier molecular flexibility index (Phi) is 18.2. The minimum Gasteiger partial charge on any atom is -0.375 e. The topological polar surface area (TPSA) is 73.8 Å². The van der Waals surface area contributed by atoms with Crippen LogP contribution in [0.2, 0.25) is 0 Å². The molecule has 30 heavy (non-hydrogen) atoms. The summed E-state index contributed by atoms with van der Waals surface area (Å²) in [6, 6.07) is 0. The molecule has 0 aromatic heterocycles. The Morgan fingerprint density at radius 3 is 0.967 bits per heavy atom. The summed E-state index contributed by atoms with van der Waals surface area (Å²) >= 11 is 0. The van der Waals surface area contributed by atoms with Crippen molar-refractivity contribution < 1.29 is 36.0 Å². The van der Waals surface area contributed by atoms with Crippen LogP contribution in [0.4, 0.5) is 0 Å². The average Bonchev–Trinajstić information content (AvgIpc) is 2.75. The van der Waals surface area contributed by atoms with E-state index in [9.17, 15) is 0 Å². The summed E-state index contributed by atoms with van der Waals surface area (Å²) in [5, 5.41) is 0. The molecule has 0 amide bonds. The SMILES string of the molecule is C=C(C)COC(CC)[Si](OC)(OC)OC.C=C(C)COC(CC)[Si](OC)(OC)OC. The maximum atomic E-state index is 5.68. The van der Waals surface area contributed by atoms with Crippen LogP contribution in [0.1, 0.15) is 40.5 Å². The van der Waals surface area contributed by atoms with Gasteiger partial charge >= 0.3 is 17.6 Å². The Bertz CT molecular complexity index is 409. The molecule has 2 unspecified atom stereocenters. The Labute approximate surface area is 186 Å². The molecule has 10 heteroatoms. The van der Waals surface area contributed by atoms with Crippen molar-refractivity contribution in [3.05, 3.63) is 24.3 Å². The summed E-state index contributed by atoms with van der Waals surface area (Å²) in [5.41, 5.74) is 1.66. The highest BCUT2D eigenvalue weighted by molar-refractivity contribution is 6.62. The van der Waals surface area contributed by atoms with Gasteiger partial charge in [0.05, 0.1) is 13.2 Å². The van der Waals surface area contributed by atoms with Crippen molar-refractivity contribution in [1.82, 2.24) is 0 Å². The number of hydrogen-bond donors (Lipinski definition) is 0. The van der Waals surface area contributed by atoms with E-state index >= 15 is 0 Å². The Morgan fingerprint density at radius 2 is 0.833 bits per heavy atom. The smallest absolute Gasteiger partial charge is 0.375 e. The van der Waals surface area contributed by atoms with Crippen LogP contribution in [-0.2, 0) is 36.0 Å². The molecular formula is C20H44O8Si2. The lowest BCUT2D eigenvalue weighted by molar-refractivity contribution is 0.0198. The van der Waals surface area contributed by atoms with Gasteiger partial charge in [-0.2, -0.15) is 0 Å². The zero-order valence-corrected chi connectivity index (χ0v) is 22.7. The fourth-order valence-electron chi connectivity index (χ4n) is 2.71. The van der Waals surface area contributed by atoms with E-state index in [-0.39, 0.29) is 11.5 Å². The molecule has 0 heterocycles. The van der Waals surface area contributed by atoms with Crippen molar-refractivity contribution in [2.24, 2.45) is 0 Å². The standard InChI is InChI=1S/2C10H22O4Si/c2*1-7-10(14-8-9(2)3)15(11-4,12-5)13-6/h2*10H,2,7-8H2,1,3-6H3. The molecule has 0 aliphatic rings. The van der Waals surface area contributed by atoms with Crippen LogP contribution >= 0.6 is 0 Å². The normalized spacial score (nSPS) is 13.9. The molecule has 0 spiro atoms. The number of hydrogen-bond acceptors (Lipinski definition) is 8. The van der Waals surface area contributed by atoms with E-state index in [1.807, 2.05) is 27.7 Å². The zero-order valence-electron chi connectivity index (χ0n) is 20.7. The molecule has 2 atom stereocenters. The average molecular weight is 469 g/mol. The van der Waals surface area contributed by atoms with E-state index < -0.39 is 17.6 Å². The monoisotopic (exact) mass is 468 g/mol. The molecule has 0 aromatic carbocycles. The molecule has 0 rings (SSSR count). The predicted octanol–water partition coefficient (Wildman–Crippen LogP) is 3.55. The third-order valence-corrected chi connectivity index (χ3v) is 10.4. The van der Waals surface area contributed by atoms with Crippen molar-refractivity contribution in [2.75, 3.05) is 55.9 Å². The van der Waals surface area contributed by atoms with Crippen molar-refractivity contribution in [2.45, 2.75) is 52.0 Å². The van der Waals surface area contributed by atoms with Crippen LogP contribution in [0.3, 0.4) is 0 Å². The minimum absolute atomic E-state index is 0.144. The molecule has 0 bridgehead atoms. The van der Waals surface area contributed by atoms with Crippen molar-refractivity contribution >= 4 is 17.6 Å². The molecule has 0 aliphatic carbocycles. The maximum Gasteiger partial charge on any atom is 0.530 e. The zero-order chi connectivity index (χ0) is 23.8. The lowest BCUT2D eigenvalue weighted by Gasteiger charge is -2.31. The second-order valence-electron chi connectivity index (χ2n) is 6.76. The highest BCUT2D eigenvalue weighted by atomic mass is 28.4. The van der Waals surface area contributed by atoms with E-state index in [4.69, 9.17) is 36.0 Å². The number of rotatable bonds is 16. The van der Waals surface area contributed by atoms with Crippen LogP contribution in [0, 0.1) is 0 Å². The van der Waals surface area contributed by atoms with Gasteiger partial charge in [0.15, 0.2) is 0 Å². The van der Waals surface area contributed by atoms with Gasteiger partial charge in [0.2, 0.25) is 0 Å². The molecule has 0 saturated heterocycles. The summed E-state index contributed by atoms with van der Waals surface area (Å²) in [4.78, 5) is 0. The highest BCUT2D eigenvalue weighted by Gasteiger charge is 2.48. The van der Waals surface area contributed by atoms with Crippen molar-refractivity contribution in [1.29, 1.82) is 0 Å². The molecule has 180 valence electrons. The highest BCUT2D eigenvalue weighted by Crippen LogP contribution is 2.19. The van der Waals surface area contributed by atoms with E-state index in [2.05, 4.69) is 13.2 Å². The lowest BCUT2D eigenvalue weighted by atomic mass is 10.4. The van der Waals surface area contributed by atoms with Gasteiger partial charge in [0.1, 0.15) is 11.5 Å². The molecule has 0 N–H and O–H groups in total. The molecule has 0 fully saturated rings. The molecular weight excluding hydrogens is 424 g/mol. The van der Waals surface area contributed by atoms with Gasteiger partial charge in [-0.25, -0.2) is 0 Å². The summed E-state index contributed by atoms with van der Waals surface area (Å²) in [5.74, 6) is 0. The fourth-order valence-corrected chi connectivity index (χ4v) is 6.87. The van der Waals surface area contributed by atoms with Gasteiger partial charge in [-0.15, -0.1) is 0 Å². The Balaban J connectivity index is 0. The third-order valence-electron chi connectivity index (χ3n) is 4.30. The van der Waals surface area contributed by atoms with Gasteiger partial charge in [-0.05, 0) is 26.7 Å². The first-order chi connectivity index (χ1) is 14.1. The van der Waals surface area contributed by atoms with Gasteiger partial charge in [0, 0.05) is 42.7 Å². The third kappa shape index (κ3) is 10.3. The van der Waals surface area contributed by atoms with Crippen LogP contribution < -0.4 is 0 Å². The van der Waals surface area contributed by atoms with Gasteiger partial charge in [-0.1, -0.05) is 38.2 Å². The second-order valence-corrected chi connectivity index (χ2v) is 12.9. The van der Waals surface area contributed by atoms with E-state index in [0.717, 1.165) is 24.0 Å². The van der Waals surface area contributed by atoms with Crippen LogP contribution in [-0.4, -0.2) is 84.9 Å². The first kappa shape index (κ1) is 31.8. The van der Waals surface area contributed by atoms with E-state index in [1.165, 1.54) is 0 Å². The molecule has 8 nitrogen and oxygen atoms in total. The molecule has 0 saturated carbocycles. The van der Waals surface area contributed by atoms with Gasteiger partial charge in [-0.3, -0.25) is 0 Å². The second kappa shape index (κ2) is 17.2. The minimum atomic E-state index is -2.68. The molecule has 0 aromatic rings. The van der Waals surface area contributed by atoms with Crippen LogP contribution in [0.15, 0.2) is 24.3 Å². The quantitative estimate of drug-likeness (QED) is 0.251. The van der Waals surface area contributed by atoms with E-state index in [0.29, 0.717) is 13.2 Å². The van der Waals surface area contributed by atoms with Crippen LogP contribution in [0.5, 0.6) is 0 Å². The van der Waals surface area contributed by atoms with Gasteiger partial charge in [0.25, 0.3) is 0 Å². The molecule has 0 aliphatic heterocycles. The Hall–Kier alpha value is -0.406. The largest absolute Gasteiger partial charge is 0.530 e. The lowest BCUT2D eigenvalue weighted by Crippen LogP contribution is -2.55. The van der Waals surface area contributed by atoms with Gasteiger partial charge < -0.3 is 36.0 Å².